The van der Waals surface area contributed by atoms with Gasteiger partial charge in [0.25, 0.3) is 0 Å². The summed E-state index contributed by atoms with van der Waals surface area (Å²) in [5.74, 6) is 2.41. The molecule has 0 aliphatic carbocycles. The van der Waals surface area contributed by atoms with Crippen LogP contribution in [0.5, 0.6) is 11.5 Å². The van der Waals surface area contributed by atoms with Gasteiger partial charge >= 0.3 is 11.9 Å². The molecule has 0 aromatic heterocycles. The van der Waals surface area contributed by atoms with Crippen LogP contribution in [-0.4, -0.2) is 11.9 Å². The molecule has 0 radical (unpaired) electrons. The maximum absolute atomic E-state index is 12.0. The average molecular weight is 316 g/mol. The molecule has 4 heteroatoms. The van der Waals surface area contributed by atoms with E-state index in [-0.39, 0.29) is 11.9 Å². The molecule has 0 atom stereocenters. The molecule has 1 aromatic carbocycles. The molecule has 0 bridgehead atoms. The van der Waals surface area contributed by atoms with Gasteiger partial charge in [0.2, 0.25) is 0 Å². The van der Waals surface area contributed by atoms with Gasteiger partial charge in [0, 0.05) is 12.5 Å². The molecule has 0 saturated carbocycles. The van der Waals surface area contributed by atoms with Gasteiger partial charge in [-0.1, -0.05) is 0 Å². The molecule has 0 fully saturated rings. The smallest absolute Gasteiger partial charge is 0.316 e. The van der Waals surface area contributed by atoms with Crippen LogP contribution in [0, 0.1) is 23.2 Å². The average Bonchev–Trinajstić information content (AvgIpc) is 2.36. The zero-order valence-corrected chi connectivity index (χ0v) is 14.6. The highest BCUT2D eigenvalue weighted by atomic mass is 16.5. The quantitative estimate of drug-likeness (QED) is 0.484. The molecule has 23 heavy (non-hydrogen) atoms. The Labute approximate surface area is 138 Å². The van der Waals surface area contributed by atoms with Gasteiger partial charge < -0.3 is 9.47 Å². The monoisotopic (exact) mass is 316 g/mol. The molecular weight excluding hydrogens is 292 g/mol. The van der Waals surface area contributed by atoms with Crippen molar-refractivity contribution in [1.82, 2.24) is 0 Å². The third-order valence-electron chi connectivity index (χ3n) is 2.89. The van der Waals surface area contributed by atoms with Crippen molar-refractivity contribution in [3.05, 3.63) is 23.8 Å². The van der Waals surface area contributed by atoms with E-state index in [1.807, 2.05) is 0 Å². The number of carbonyl (C=O) groups is 2. The summed E-state index contributed by atoms with van der Waals surface area (Å²) in [6.07, 6.45) is 5.68. The van der Waals surface area contributed by atoms with Crippen molar-refractivity contribution in [3.8, 4) is 23.8 Å². The molecule has 0 aliphatic heterocycles. The fraction of sp³-hybridized carbons (Fsp3) is 0.474. The van der Waals surface area contributed by atoms with Gasteiger partial charge in [0.05, 0.1) is 10.8 Å². The summed E-state index contributed by atoms with van der Waals surface area (Å²) in [5.41, 5.74) is -0.530. The fourth-order valence-corrected chi connectivity index (χ4v) is 1.49. The van der Waals surface area contributed by atoms with Crippen molar-refractivity contribution in [2.24, 2.45) is 10.8 Å². The van der Waals surface area contributed by atoms with Gasteiger partial charge in [-0.2, -0.15) is 0 Å². The van der Waals surface area contributed by atoms with Crippen LogP contribution in [0.15, 0.2) is 18.2 Å². The van der Waals surface area contributed by atoms with Crippen molar-refractivity contribution >= 4 is 11.9 Å². The molecule has 1 rings (SSSR count). The molecule has 0 spiro atoms. The molecule has 0 N–H and O–H groups in total. The predicted molar refractivity (Wildman–Crippen MR) is 89.2 cm³/mol. The minimum absolute atomic E-state index is 0.314. The SMILES string of the molecule is C#CCc1cc(OC(=O)C(C)(C)C)cc(OC(=O)C(C)(C)C)c1. The van der Waals surface area contributed by atoms with E-state index in [0.717, 1.165) is 5.56 Å². The largest absolute Gasteiger partial charge is 0.426 e. The van der Waals surface area contributed by atoms with Crippen molar-refractivity contribution in [3.63, 3.8) is 0 Å². The molecule has 0 aliphatic rings. The Hall–Kier alpha value is -2.28. The lowest BCUT2D eigenvalue weighted by molar-refractivity contribution is -0.143. The van der Waals surface area contributed by atoms with Crippen LogP contribution in [0.1, 0.15) is 47.1 Å². The maximum Gasteiger partial charge on any atom is 0.316 e. The first-order valence-corrected chi connectivity index (χ1v) is 7.45. The number of carbonyl (C=O) groups excluding carboxylic acids is 2. The number of hydrogen-bond donors (Lipinski definition) is 0. The van der Waals surface area contributed by atoms with Crippen LogP contribution in [0.2, 0.25) is 0 Å². The summed E-state index contributed by atoms with van der Waals surface area (Å²) >= 11 is 0. The summed E-state index contributed by atoms with van der Waals surface area (Å²) in [6, 6.07) is 4.88. The van der Waals surface area contributed by atoms with E-state index in [0.29, 0.717) is 17.9 Å². The number of ether oxygens (including phenoxy) is 2. The maximum atomic E-state index is 12.0. The van der Waals surface area contributed by atoms with Gasteiger partial charge in [0.1, 0.15) is 11.5 Å². The van der Waals surface area contributed by atoms with Crippen molar-refractivity contribution in [2.75, 3.05) is 0 Å². The van der Waals surface area contributed by atoms with E-state index >= 15 is 0 Å². The van der Waals surface area contributed by atoms with Crippen LogP contribution in [0.3, 0.4) is 0 Å². The van der Waals surface area contributed by atoms with E-state index < -0.39 is 10.8 Å². The Kier molecular flexibility index (Phi) is 5.60. The van der Waals surface area contributed by atoms with E-state index in [2.05, 4.69) is 5.92 Å². The van der Waals surface area contributed by atoms with Gasteiger partial charge in [-0.05, 0) is 59.2 Å². The van der Waals surface area contributed by atoms with Crippen LogP contribution in [-0.2, 0) is 16.0 Å². The molecule has 1 aromatic rings. The topological polar surface area (TPSA) is 52.6 Å². The zero-order valence-electron chi connectivity index (χ0n) is 14.6. The normalized spacial score (nSPS) is 11.5. The number of benzene rings is 1. The Bertz CT molecular complexity index is 591. The third kappa shape index (κ3) is 5.78. The number of hydrogen-bond acceptors (Lipinski definition) is 4. The standard InChI is InChI=1S/C19H24O4/c1-8-9-13-10-14(22-16(20)18(2,3)4)12-15(11-13)23-17(21)19(5,6)7/h1,10-12H,9H2,2-7H3. The second-order valence-electron chi connectivity index (χ2n) is 7.47. The predicted octanol–water partition coefficient (Wildman–Crippen LogP) is 3.77. The molecular formula is C19H24O4. The first-order valence-electron chi connectivity index (χ1n) is 7.45. The molecule has 124 valence electrons. The molecule has 0 saturated heterocycles. The second-order valence-corrected chi connectivity index (χ2v) is 7.47. The fourth-order valence-electron chi connectivity index (χ4n) is 1.49. The first kappa shape index (κ1) is 18.8. The lowest BCUT2D eigenvalue weighted by Gasteiger charge is -2.19. The van der Waals surface area contributed by atoms with Crippen molar-refractivity contribution in [1.29, 1.82) is 0 Å². The molecule has 0 heterocycles. The van der Waals surface area contributed by atoms with E-state index in [9.17, 15) is 9.59 Å². The van der Waals surface area contributed by atoms with Crippen LogP contribution < -0.4 is 9.47 Å². The summed E-state index contributed by atoms with van der Waals surface area (Å²) in [6.45, 7) is 10.6. The highest BCUT2D eigenvalue weighted by molar-refractivity contribution is 5.79. The number of rotatable bonds is 3. The Morgan fingerprint density at radius 2 is 1.30 bits per heavy atom. The van der Waals surface area contributed by atoms with E-state index in [1.165, 1.54) is 6.07 Å². The highest BCUT2D eigenvalue weighted by Crippen LogP contribution is 2.27. The first-order chi connectivity index (χ1) is 10.4. The summed E-state index contributed by atoms with van der Waals surface area (Å²) in [7, 11) is 0. The minimum Gasteiger partial charge on any atom is -0.426 e. The zero-order chi connectivity index (χ0) is 17.8. The van der Waals surface area contributed by atoms with Gasteiger partial charge in [0.15, 0.2) is 0 Å². The lowest BCUT2D eigenvalue weighted by atomic mass is 9.97. The second kappa shape index (κ2) is 6.87. The van der Waals surface area contributed by atoms with Crippen LogP contribution >= 0.6 is 0 Å². The highest BCUT2D eigenvalue weighted by Gasteiger charge is 2.26. The molecule has 0 amide bonds. The molecule has 0 unspecified atom stereocenters. The van der Waals surface area contributed by atoms with Gasteiger partial charge in [-0.15, -0.1) is 12.3 Å². The summed E-state index contributed by atoms with van der Waals surface area (Å²) in [5, 5.41) is 0. The van der Waals surface area contributed by atoms with Crippen molar-refractivity contribution < 1.29 is 19.1 Å². The van der Waals surface area contributed by atoms with E-state index in [1.54, 1.807) is 53.7 Å². The van der Waals surface area contributed by atoms with Gasteiger partial charge in [-0.25, -0.2) is 0 Å². The van der Waals surface area contributed by atoms with Crippen LogP contribution in [0.4, 0.5) is 0 Å². The lowest BCUT2D eigenvalue weighted by Crippen LogP contribution is -2.26. The Balaban J connectivity index is 3.11. The number of esters is 2. The van der Waals surface area contributed by atoms with Crippen molar-refractivity contribution in [2.45, 2.75) is 48.0 Å². The van der Waals surface area contributed by atoms with Crippen LogP contribution in [0.25, 0.3) is 0 Å². The Morgan fingerprint density at radius 1 is 0.913 bits per heavy atom. The summed E-state index contributed by atoms with van der Waals surface area (Å²) < 4.78 is 10.7. The third-order valence-corrected chi connectivity index (χ3v) is 2.89. The minimum atomic E-state index is -0.635. The van der Waals surface area contributed by atoms with E-state index in [4.69, 9.17) is 15.9 Å². The summed E-state index contributed by atoms with van der Waals surface area (Å²) in [4.78, 5) is 24.1. The number of terminal acetylenes is 1. The Morgan fingerprint density at radius 3 is 1.61 bits per heavy atom. The molecule has 4 nitrogen and oxygen atoms in total. The van der Waals surface area contributed by atoms with Gasteiger partial charge in [-0.3, -0.25) is 9.59 Å².